The molecular formula is C26H21NO2. The van der Waals surface area contributed by atoms with Crippen LogP contribution in [0, 0.1) is 35.5 Å². The van der Waals surface area contributed by atoms with Gasteiger partial charge in [0.15, 0.2) is 0 Å². The van der Waals surface area contributed by atoms with E-state index < -0.39 is 0 Å². The molecule has 142 valence electrons. The third-order valence-electron chi connectivity index (χ3n) is 8.11. The van der Waals surface area contributed by atoms with E-state index in [-0.39, 0.29) is 17.7 Å². The fraction of sp³-hybridized carbons (Fsp3) is 0.308. The van der Waals surface area contributed by atoms with Crippen LogP contribution in [-0.2, 0) is 9.59 Å². The van der Waals surface area contributed by atoms with Crippen molar-refractivity contribution in [3.8, 4) is 11.1 Å². The van der Waals surface area contributed by atoms with E-state index >= 15 is 0 Å². The number of fused-ring (bicyclic) bond motifs is 11. The van der Waals surface area contributed by atoms with E-state index in [1.54, 1.807) is 0 Å². The number of hydrogen-bond acceptors (Lipinski definition) is 2. The van der Waals surface area contributed by atoms with Crippen molar-refractivity contribution >= 4 is 17.5 Å². The highest BCUT2D eigenvalue weighted by Crippen LogP contribution is 2.68. The largest absolute Gasteiger partial charge is 0.273 e. The van der Waals surface area contributed by atoms with Gasteiger partial charge < -0.3 is 0 Å². The van der Waals surface area contributed by atoms with Crippen molar-refractivity contribution < 1.29 is 9.59 Å². The first-order valence-electron chi connectivity index (χ1n) is 10.7. The standard InChI is InChI=1S/C26H21NO2/c28-25-23-18-13-19(22-16-11-10-15(12-16)21(18)22)24(23)26(29)27(25)20-9-5-4-8-17(20)14-6-2-1-3-7-14/h1-11,15-16,18,21-23H,12-13H2. The van der Waals surface area contributed by atoms with Gasteiger partial charge in [-0.3, -0.25) is 9.59 Å². The summed E-state index contributed by atoms with van der Waals surface area (Å²) in [6, 6.07) is 17.8. The lowest BCUT2D eigenvalue weighted by Gasteiger charge is -2.31. The van der Waals surface area contributed by atoms with Crippen LogP contribution in [0.1, 0.15) is 12.8 Å². The molecule has 3 nitrogen and oxygen atoms in total. The first-order chi connectivity index (χ1) is 14.2. The average Bonchev–Trinajstić information content (AvgIpc) is 3.55. The Morgan fingerprint density at radius 2 is 1.62 bits per heavy atom. The van der Waals surface area contributed by atoms with Crippen molar-refractivity contribution in [3.05, 3.63) is 77.9 Å². The summed E-state index contributed by atoms with van der Waals surface area (Å²) in [6.45, 7) is 0. The maximum absolute atomic E-state index is 13.6. The van der Waals surface area contributed by atoms with Gasteiger partial charge in [-0.05, 0) is 54.1 Å². The van der Waals surface area contributed by atoms with E-state index in [1.807, 2.05) is 54.6 Å². The highest BCUT2D eigenvalue weighted by atomic mass is 16.2. The van der Waals surface area contributed by atoms with Crippen LogP contribution in [-0.4, -0.2) is 11.8 Å². The number of carbonyl (C=O) groups is 2. The summed E-state index contributed by atoms with van der Waals surface area (Å²) in [5.41, 5.74) is 4.86. The predicted molar refractivity (Wildman–Crippen MR) is 111 cm³/mol. The molecule has 29 heavy (non-hydrogen) atoms. The third-order valence-corrected chi connectivity index (χ3v) is 8.11. The van der Waals surface area contributed by atoms with E-state index in [0.717, 1.165) is 28.8 Å². The van der Waals surface area contributed by atoms with Gasteiger partial charge >= 0.3 is 0 Å². The predicted octanol–water partition coefficient (Wildman–Crippen LogP) is 4.61. The lowest BCUT2D eigenvalue weighted by atomic mass is 9.70. The first-order valence-corrected chi connectivity index (χ1v) is 10.7. The van der Waals surface area contributed by atoms with E-state index in [9.17, 15) is 9.59 Å². The van der Waals surface area contributed by atoms with Crippen LogP contribution in [0.4, 0.5) is 5.69 Å². The minimum atomic E-state index is -0.213. The monoisotopic (exact) mass is 379 g/mol. The van der Waals surface area contributed by atoms with Gasteiger partial charge in [0, 0.05) is 11.1 Å². The maximum Gasteiger partial charge on any atom is 0.261 e. The lowest BCUT2D eigenvalue weighted by molar-refractivity contribution is -0.123. The molecule has 6 atom stereocenters. The van der Waals surface area contributed by atoms with Crippen LogP contribution in [0.3, 0.4) is 0 Å². The third kappa shape index (κ3) is 1.84. The number of amides is 2. The maximum atomic E-state index is 13.6. The second kappa shape index (κ2) is 5.35. The first kappa shape index (κ1) is 15.9. The number of carbonyl (C=O) groups excluding carboxylic acids is 2. The van der Waals surface area contributed by atoms with Gasteiger partial charge in [0.05, 0.1) is 11.6 Å². The SMILES string of the molecule is O=C1C2=C3CC(C2C(=O)N1c1ccccc1-c1ccccc1)C1C2C=CC(C2)C31. The van der Waals surface area contributed by atoms with Crippen LogP contribution in [0.25, 0.3) is 11.1 Å². The zero-order chi connectivity index (χ0) is 19.3. The Kier molecular flexibility index (Phi) is 2.94. The second-order valence-corrected chi connectivity index (χ2v) is 9.20. The Labute approximate surface area is 169 Å². The Hall–Kier alpha value is -2.94. The van der Waals surface area contributed by atoms with Crippen molar-refractivity contribution in [1.82, 2.24) is 0 Å². The molecule has 1 heterocycles. The van der Waals surface area contributed by atoms with E-state index in [1.165, 1.54) is 16.9 Å². The van der Waals surface area contributed by atoms with Gasteiger partial charge in [-0.2, -0.15) is 0 Å². The fourth-order valence-corrected chi connectivity index (χ4v) is 7.20. The van der Waals surface area contributed by atoms with Crippen molar-refractivity contribution in [2.24, 2.45) is 35.5 Å². The molecule has 5 aliphatic rings. The number of imide groups is 1. The van der Waals surface area contributed by atoms with Gasteiger partial charge in [-0.25, -0.2) is 4.90 Å². The topological polar surface area (TPSA) is 37.4 Å². The molecule has 1 aliphatic heterocycles. The molecule has 2 saturated carbocycles. The molecule has 2 aromatic carbocycles. The van der Waals surface area contributed by atoms with Crippen LogP contribution >= 0.6 is 0 Å². The lowest BCUT2D eigenvalue weighted by Crippen LogP contribution is -2.34. The summed E-state index contributed by atoms with van der Waals surface area (Å²) in [6.07, 6.45) is 6.92. The highest BCUT2D eigenvalue weighted by Gasteiger charge is 2.65. The molecule has 0 spiro atoms. The fourth-order valence-electron chi connectivity index (χ4n) is 7.20. The van der Waals surface area contributed by atoms with Crippen molar-refractivity contribution in [2.45, 2.75) is 12.8 Å². The zero-order valence-electron chi connectivity index (χ0n) is 16.0. The van der Waals surface area contributed by atoms with Crippen LogP contribution in [0.2, 0.25) is 0 Å². The molecule has 0 radical (unpaired) electrons. The molecule has 0 aromatic heterocycles. The van der Waals surface area contributed by atoms with Gasteiger partial charge in [0.25, 0.3) is 5.91 Å². The van der Waals surface area contributed by atoms with Crippen molar-refractivity contribution in [1.29, 1.82) is 0 Å². The molecule has 2 amide bonds. The number of benzene rings is 2. The number of para-hydroxylation sites is 1. The summed E-state index contributed by atoms with van der Waals surface area (Å²) in [5.74, 6) is 2.35. The molecule has 3 heteroatoms. The molecular weight excluding hydrogens is 358 g/mol. The number of anilines is 1. The minimum absolute atomic E-state index is 0.00131. The summed E-state index contributed by atoms with van der Waals surface area (Å²) < 4.78 is 0. The summed E-state index contributed by atoms with van der Waals surface area (Å²) >= 11 is 0. The van der Waals surface area contributed by atoms with Gasteiger partial charge in [0.1, 0.15) is 0 Å². The Bertz CT molecular complexity index is 1140. The summed E-state index contributed by atoms with van der Waals surface area (Å²) in [7, 11) is 0. The number of hydrogen-bond donors (Lipinski definition) is 0. The smallest absolute Gasteiger partial charge is 0.261 e. The Morgan fingerprint density at radius 3 is 2.48 bits per heavy atom. The number of rotatable bonds is 2. The number of allylic oxidation sites excluding steroid dienone is 3. The minimum Gasteiger partial charge on any atom is -0.273 e. The Balaban J connectivity index is 1.36. The average molecular weight is 379 g/mol. The number of nitrogens with zero attached hydrogens (tertiary/aromatic N) is 1. The van der Waals surface area contributed by atoms with E-state index in [0.29, 0.717) is 29.6 Å². The summed E-state index contributed by atoms with van der Waals surface area (Å²) in [5, 5.41) is 0. The zero-order valence-corrected chi connectivity index (χ0v) is 16.0. The summed E-state index contributed by atoms with van der Waals surface area (Å²) in [4.78, 5) is 28.7. The molecule has 4 bridgehead atoms. The molecule has 0 N–H and O–H groups in total. The normalized spacial score (nSPS) is 35.8. The van der Waals surface area contributed by atoms with E-state index in [4.69, 9.17) is 0 Å². The molecule has 2 aromatic rings. The molecule has 6 unspecified atom stereocenters. The van der Waals surface area contributed by atoms with Gasteiger partial charge in [-0.15, -0.1) is 0 Å². The van der Waals surface area contributed by atoms with E-state index in [2.05, 4.69) is 12.2 Å². The quantitative estimate of drug-likeness (QED) is 0.434. The molecule has 3 fully saturated rings. The van der Waals surface area contributed by atoms with Crippen LogP contribution in [0.15, 0.2) is 77.9 Å². The molecule has 4 aliphatic carbocycles. The highest BCUT2D eigenvalue weighted by molar-refractivity contribution is 6.31. The molecule has 1 saturated heterocycles. The van der Waals surface area contributed by atoms with Crippen LogP contribution < -0.4 is 4.90 Å². The van der Waals surface area contributed by atoms with Crippen molar-refractivity contribution in [2.75, 3.05) is 4.90 Å². The van der Waals surface area contributed by atoms with Gasteiger partial charge in [0.2, 0.25) is 5.91 Å². The van der Waals surface area contributed by atoms with Crippen molar-refractivity contribution in [3.63, 3.8) is 0 Å². The Morgan fingerprint density at radius 1 is 0.862 bits per heavy atom. The molecule has 7 rings (SSSR count). The van der Waals surface area contributed by atoms with Crippen LogP contribution in [0.5, 0.6) is 0 Å². The second-order valence-electron chi connectivity index (χ2n) is 9.20. The van der Waals surface area contributed by atoms with Gasteiger partial charge in [-0.1, -0.05) is 66.3 Å².